The van der Waals surface area contributed by atoms with Crippen molar-refractivity contribution in [3.8, 4) is 0 Å². The number of nitrogens with zero attached hydrogens (tertiary/aromatic N) is 10. The van der Waals surface area contributed by atoms with E-state index < -0.39 is 0 Å². The molecule has 0 saturated heterocycles. The van der Waals surface area contributed by atoms with Crippen molar-refractivity contribution in [3.63, 3.8) is 0 Å². The minimum absolute atomic E-state index is 0.118. The molecule has 0 unspecified atom stereocenters. The van der Waals surface area contributed by atoms with E-state index in [1.165, 1.54) is 255 Å². The number of hydrogen-bond donors (Lipinski definition) is 3. The predicted octanol–water partition coefficient (Wildman–Crippen LogP) is 33.4. The van der Waals surface area contributed by atoms with Gasteiger partial charge in [-0.15, -0.1) is 0 Å². The Hall–Kier alpha value is -9.34. The number of carbonyl (C=O) groups excluding carboxylic acids is 2. The van der Waals surface area contributed by atoms with Crippen LogP contribution in [0.1, 0.15) is 449 Å². The molecular weight excluding hydrogens is 1700 g/mol. The van der Waals surface area contributed by atoms with E-state index >= 15 is 0 Å². The van der Waals surface area contributed by atoms with Crippen LogP contribution in [0.2, 0.25) is 0 Å². The lowest BCUT2D eigenvalue weighted by atomic mass is 9.89. The number of nitrogens with two attached hydrogens (primary N) is 1. The van der Waals surface area contributed by atoms with Crippen LogP contribution in [-0.4, -0.2) is 72.4 Å². The van der Waals surface area contributed by atoms with Crippen molar-refractivity contribution < 1.29 is 9.59 Å². The molecule has 0 aliphatic carbocycles. The molecule has 758 valence electrons. The summed E-state index contributed by atoms with van der Waals surface area (Å²) in [6.45, 7) is 39.2. The summed E-state index contributed by atoms with van der Waals surface area (Å²) in [6, 6.07) is 51.9. The highest BCUT2D eigenvalue weighted by Gasteiger charge is 2.29. The quantitative estimate of drug-likeness (QED) is 0.0311. The van der Waals surface area contributed by atoms with Gasteiger partial charge in [0, 0.05) is 93.1 Å². The normalized spacial score (nSPS) is 12.0. The van der Waals surface area contributed by atoms with Gasteiger partial charge in [0.2, 0.25) is 11.8 Å². The third kappa shape index (κ3) is 37.5. The van der Waals surface area contributed by atoms with Crippen LogP contribution in [0, 0.1) is 10.8 Å². The fourth-order valence-electron chi connectivity index (χ4n) is 19.8. The molecule has 0 spiro atoms. The number of aromatic nitrogens is 9. The Bertz CT molecular complexity index is 5540. The number of benzene rings is 6. The molecule has 15 heteroatoms. The van der Waals surface area contributed by atoms with Crippen molar-refractivity contribution in [3.05, 3.63) is 208 Å². The summed E-state index contributed by atoms with van der Waals surface area (Å²) in [7, 11) is 0. The summed E-state index contributed by atoms with van der Waals surface area (Å²) in [5.41, 5.74) is 25.5. The van der Waals surface area contributed by atoms with Gasteiger partial charge in [-0.25, -0.2) is 19.9 Å². The van der Waals surface area contributed by atoms with Crippen molar-refractivity contribution in [1.29, 1.82) is 0 Å². The van der Waals surface area contributed by atoms with E-state index in [1.54, 1.807) is 0 Å². The first kappa shape index (κ1) is 112. The second kappa shape index (κ2) is 60.2. The highest BCUT2D eigenvalue weighted by molar-refractivity contribution is 6.07. The molecule has 0 fully saturated rings. The van der Waals surface area contributed by atoms with Gasteiger partial charge in [0.25, 0.3) is 0 Å². The fourth-order valence-corrected chi connectivity index (χ4v) is 19.8. The highest BCUT2D eigenvalue weighted by atomic mass is 16.2. The van der Waals surface area contributed by atoms with Crippen molar-refractivity contribution in [2.45, 2.75) is 463 Å². The Morgan fingerprint density at radius 2 is 0.612 bits per heavy atom. The number of carbonyl (C=O) groups is 2. The van der Waals surface area contributed by atoms with Crippen LogP contribution in [-0.2, 0) is 81.0 Å². The monoisotopic (exact) mass is 1890 g/mol. The van der Waals surface area contributed by atoms with Crippen molar-refractivity contribution in [2.24, 2.45) is 10.8 Å². The SMILES string of the molecule is CCCCCCCCCCCCCCCCCCCC(=O)N(Cc1ccc(Cn2c(CCCC)nc3c(N)nc4ccccc4c32)cc1)C(C)(C)C.CCCCCCCCCCCCCCCCCCCC(=O)NCc1ccc(Cn2c(CCCC)nc3c(CC(C)(C)C)nc4ccccc4c32)cc1.CCCCNCc1ccc(Cn2c(CCCC)nc3c(CC(C)(C)C)nc4ccccc4c32)cc1. The number of unbranched alkanes of at least 4 members (excludes halogenated alkanes) is 36. The van der Waals surface area contributed by atoms with E-state index in [0.717, 1.165) is 201 Å². The van der Waals surface area contributed by atoms with Gasteiger partial charge in [-0.2, -0.15) is 0 Å². The number of fused-ring (bicyclic) bond motifs is 9. The van der Waals surface area contributed by atoms with E-state index in [1.807, 2.05) is 12.1 Å². The summed E-state index contributed by atoms with van der Waals surface area (Å²) in [5, 5.41) is 10.2. The molecule has 0 saturated carbocycles. The van der Waals surface area contributed by atoms with Crippen LogP contribution in [0.25, 0.3) is 65.8 Å². The Labute approximate surface area is 841 Å². The number of rotatable bonds is 62. The van der Waals surface area contributed by atoms with Gasteiger partial charge in [0.15, 0.2) is 5.82 Å². The predicted molar refractivity (Wildman–Crippen MR) is 595 cm³/mol. The van der Waals surface area contributed by atoms with E-state index in [-0.39, 0.29) is 28.2 Å². The molecule has 0 radical (unpaired) electrons. The number of hydrogen-bond acceptors (Lipinski definition) is 10. The molecule has 0 bridgehead atoms. The number of imidazole rings is 3. The first-order valence-corrected chi connectivity index (χ1v) is 56.0. The lowest BCUT2D eigenvalue weighted by molar-refractivity contribution is -0.137. The van der Waals surface area contributed by atoms with E-state index in [4.69, 9.17) is 30.7 Å². The second-order valence-electron chi connectivity index (χ2n) is 44.1. The molecule has 6 aromatic carbocycles. The van der Waals surface area contributed by atoms with Crippen LogP contribution in [0.3, 0.4) is 0 Å². The smallest absolute Gasteiger partial charge is 0.223 e. The largest absolute Gasteiger partial charge is 0.382 e. The van der Waals surface area contributed by atoms with Crippen molar-refractivity contribution >= 4 is 83.4 Å². The minimum atomic E-state index is -0.233. The van der Waals surface area contributed by atoms with Gasteiger partial charge in [-0.3, -0.25) is 19.6 Å². The number of nitrogens with one attached hydrogen (secondary N) is 2. The number of anilines is 1. The summed E-state index contributed by atoms with van der Waals surface area (Å²) in [4.78, 5) is 58.6. The number of para-hydroxylation sites is 3. The molecule has 12 aromatic rings. The number of nitrogen functional groups attached to an aromatic ring is 1. The number of amides is 2. The minimum Gasteiger partial charge on any atom is -0.382 e. The zero-order valence-electron chi connectivity index (χ0n) is 89.8. The Balaban J connectivity index is 0.000000219. The highest BCUT2D eigenvalue weighted by Crippen LogP contribution is 2.37. The van der Waals surface area contributed by atoms with Gasteiger partial charge in [0.05, 0.1) is 44.5 Å². The maximum atomic E-state index is 13.5. The van der Waals surface area contributed by atoms with Crippen LogP contribution in [0.15, 0.2) is 146 Å². The molecule has 4 N–H and O–H groups in total. The standard InChI is InChI=1S/C47H72N4O.C46H71N5O.C31H42N4/c1-6-8-10-11-12-13-14-15-16-17-18-19-20-21-22-23-24-30-44(52)48-36-38-31-33-39(34-32-38)37-51-43(29-9-7-2)50-45-42(35-47(3,4)5)49-41-28-26-25-27-40(41)46(45)51;1-6-8-10-11-12-13-14-15-16-17-18-19-20-21-22-23-24-30-42(52)51(46(3,4)5)36-38-33-31-37(32-34-38)35-50-41(29-9-7-2)49-43-44(50)39-27-25-26-28-40(39)48-45(43)47;1-6-8-14-28-34-29-27(20-31(3,4)5)33-26-13-11-10-12-25(26)30(29)35(28)22-24-17-15-23(16-18-24)21-32-19-9-7-2/h25-28,31-34H,6-24,29-30,35-37H2,1-5H3,(H,48,52);25-28,31-34H,6-24,29-30,35-36H2,1-5H3,(H2,47,48);10-13,15-18,32H,6-9,14,19-22H2,1-5H3. The molecule has 139 heavy (non-hydrogen) atoms. The zero-order chi connectivity index (χ0) is 99.0. The molecule has 6 heterocycles. The molecule has 15 nitrogen and oxygen atoms in total. The molecule has 0 aliphatic heterocycles. The summed E-state index contributed by atoms with van der Waals surface area (Å²) in [5.74, 6) is 4.30. The van der Waals surface area contributed by atoms with Crippen LogP contribution in [0.5, 0.6) is 0 Å². The Kier molecular flexibility index (Phi) is 48.3. The lowest BCUT2D eigenvalue weighted by Crippen LogP contribution is -2.45. The van der Waals surface area contributed by atoms with Gasteiger partial charge in [0.1, 0.15) is 34.0 Å². The number of aryl methyl sites for hydroxylation is 3. The maximum Gasteiger partial charge on any atom is 0.223 e. The number of pyridine rings is 3. The summed E-state index contributed by atoms with van der Waals surface area (Å²) in [6.07, 6.45) is 61.1. The van der Waals surface area contributed by atoms with Crippen LogP contribution in [0.4, 0.5) is 5.82 Å². The summed E-state index contributed by atoms with van der Waals surface area (Å²) >= 11 is 0. The molecule has 2 amide bonds. The average Bonchev–Trinajstić information content (AvgIpc) is 1.61. The van der Waals surface area contributed by atoms with Gasteiger partial charge in [-0.05, 0) is 141 Å². The van der Waals surface area contributed by atoms with E-state index in [0.29, 0.717) is 38.3 Å². The van der Waals surface area contributed by atoms with E-state index in [9.17, 15) is 9.59 Å². The third-order valence-corrected chi connectivity index (χ3v) is 27.9. The van der Waals surface area contributed by atoms with E-state index in [2.05, 4.69) is 272 Å². The molecule has 12 rings (SSSR count). The van der Waals surface area contributed by atoms with Gasteiger partial charge < -0.3 is 35.0 Å². The molecule has 0 aliphatic rings. The van der Waals surface area contributed by atoms with Crippen LogP contribution < -0.4 is 16.4 Å². The van der Waals surface area contributed by atoms with Crippen LogP contribution >= 0.6 is 0 Å². The first-order chi connectivity index (χ1) is 67.4. The Morgan fingerprint density at radius 1 is 0.317 bits per heavy atom. The zero-order valence-corrected chi connectivity index (χ0v) is 89.8. The maximum absolute atomic E-state index is 13.5. The fraction of sp³-hybridized carbons (Fsp3) is 0.597. The molecule has 0 atom stereocenters. The average molecular weight is 1890 g/mol. The lowest BCUT2D eigenvalue weighted by Gasteiger charge is -2.36. The third-order valence-electron chi connectivity index (χ3n) is 27.9. The molecular formula is C124H185N13O2. The second-order valence-corrected chi connectivity index (χ2v) is 44.1. The molecule has 6 aromatic heterocycles. The van der Waals surface area contributed by atoms with Gasteiger partial charge >= 0.3 is 0 Å². The van der Waals surface area contributed by atoms with Crippen molar-refractivity contribution in [1.82, 2.24) is 59.1 Å². The topological polar surface area (TPSA) is 180 Å². The first-order valence-electron chi connectivity index (χ1n) is 56.0. The Morgan fingerprint density at radius 3 is 0.957 bits per heavy atom. The van der Waals surface area contributed by atoms with Crippen molar-refractivity contribution in [2.75, 3.05) is 12.3 Å². The summed E-state index contributed by atoms with van der Waals surface area (Å²) < 4.78 is 7.25. The van der Waals surface area contributed by atoms with Gasteiger partial charge in [-0.1, -0.05) is 442 Å².